The van der Waals surface area contributed by atoms with Gasteiger partial charge in [-0.25, -0.2) is 14.6 Å². The van der Waals surface area contributed by atoms with Gasteiger partial charge in [0.1, 0.15) is 22.9 Å². The molecule has 1 heterocycles. The maximum atomic E-state index is 13.5. The molecule has 0 aliphatic carbocycles. The van der Waals surface area contributed by atoms with Crippen molar-refractivity contribution in [2.45, 2.75) is 71.4 Å². The quantitative estimate of drug-likeness (QED) is 0.222. The fourth-order valence-electron chi connectivity index (χ4n) is 4.22. The second kappa shape index (κ2) is 15.9. The molecule has 0 aliphatic heterocycles. The van der Waals surface area contributed by atoms with Gasteiger partial charge in [-0.1, -0.05) is 42.5 Å². The summed E-state index contributed by atoms with van der Waals surface area (Å²) in [6.07, 6.45) is 2.09. The first-order valence-corrected chi connectivity index (χ1v) is 14.8. The largest absolute Gasteiger partial charge is 0.497 e. The summed E-state index contributed by atoms with van der Waals surface area (Å²) < 4.78 is 23.2. The fourth-order valence-corrected chi connectivity index (χ4v) is 4.22. The van der Waals surface area contributed by atoms with Crippen molar-refractivity contribution in [3.63, 3.8) is 0 Å². The van der Waals surface area contributed by atoms with Crippen LogP contribution in [0.25, 0.3) is 0 Å². The van der Waals surface area contributed by atoms with Crippen LogP contribution in [-0.2, 0) is 35.2 Å². The lowest BCUT2D eigenvalue weighted by Gasteiger charge is -2.29. The first-order valence-electron chi connectivity index (χ1n) is 14.8. The molecule has 0 radical (unpaired) electrons. The van der Waals surface area contributed by atoms with E-state index in [9.17, 15) is 19.2 Å². The van der Waals surface area contributed by atoms with Crippen LogP contribution >= 0.6 is 0 Å². The van der Waals surface area contributed by atoms with Crippen LogP contribution in [0, 0.1) is 0 Å². The average Bonchev–Trinajstić information content (AvgIpc) is 3.43. The van der Waals surface area contributed by atoms with E-state index in [2.05, 4.69) is 20.9 Å². The smallest absolute Gasteiger partial charge is 0.408 e. The number of ether oxygens (including phenoxy) is 4. The Bertz CT molecular complexity index is 1480. The van der Waals surface area contributed by atoms with E-state index < -0.39 is 47.1 Å². The maximum Gasteiger partial charge on any atom is 0.408 e. The first-order chi connectivity index (χ1) is 21.7. The topological polar surface area (TPSA) is 159 Å². The van der Waals surface area contributed by atoms with Crippen molar-refractivity contribution < 1.29 is 38.1 Å². The monoisotopic (exact) mass is 637 g/mol. The number of nitrogens with zero attached hydrogens (tertiary/aromatic N) is 2. The Balaban J connectivity index is 1.80. The highest BCUT2D eigenvalue weighted by Gasteiger charge is 2.35. The molecular weight excluding hydrogens is 594 g/mol. The van der Waals surface area contributed by atoms with Crippen molar-refractivity contribution in [3.8, 4) is 5.75 Å². The number of benzene rings is 2. The van der Waals surface area contributed by atoms with E-state index in [0.29, 0.717) is 11.3 Å². The van der Waals surface area contributed by atoms with Gasteiger partial charge in [-0.2, -0.15) is 0 Å². The molecule has 1 aromatic heterocycles. The molecule has 3 amide bonds. The van der Waals surface area contributed by atoms with Crippen molar-refractivity contribution in [3.05, 3.63) is 78.2 Å². The number of nitrogens with one attached hydrogen (secondary N) is 3. The number of rotatable bonds is 14. The van der Waals surface area contributed by atoms with Crippen LogP contribution in [0.3, 0.4) is 0 Å². The van der Waals surface area contributed by atoms with Gasteiger partial charge in [0.2, 0.25) is 5.91 Å². The summed E-state index contributed by atoms with van der Waals surface area (Å²) in [6.45, 7) is 9.97. The number of aromatic nitrogens is 2. The number of anilines is 1. The van der Waals surface area contributed by atoms with E-state index in [1.165, 1.54) is 38.0 Å². The summed E-state index contributed by atoms with van der Waals surface area (Å²) in [4.78, 5) is 56.5. The zero-order valence-corrected chi connectivity index (χ0v) is 27.3. The number of carbonyl (C=O) groups excluding carboxylic acids is 4. The van der Waals surface area contributed by atoms with Crippen LogP contribution in [0.5, 0.6) is 5.75 Å². The number of hydrogen-bond donors (Lipinski definition) is 3. The second-order valence-electron chi connectivity index (χ2n) is 11.9. The molecule has 0 saturated heterocycles. The lowest BCUT2D eigenvalue weighted by atomic mass is 10.0. The molecule has 0 aliphatic rings. The Morgan fingerprint density at radius 2 is 1.70 bits per heavy atom. The number of alkyl carbamates (subject to hydrolysis) is 1. The predicted octanol–water partition coefficient (Wildman–Crippen LogP) is 3.99. The Labute approximate surface area is 269 Å². The molecule has 3 rings (SSSR count). The molecule has 3 aromatic rings. The highest BCUT2D eigenvalue weighted by molar-refractivity contribution is 5.98. The standard InChI is InChI=1S/C33H43N5O8/c1-8-45-29(40)27(23-15-12-16-24(17-23)43-7)38-18-26(34-21-38)36-28(39)25(20-44-19-22-13-10-9-11-14-22)35-30(41)33(5,6)37-31(42)46-32(2,3)4/h9-18,21,25,27H,8,19-20H2,1-7H3,(H,35,41)(H,36,39)(H,37,42). The maximum absolute atomic E-state index is 13.5. The van der Waals surface area contributed by atoms with E-state index >= 15 is 0 Å². The average molecular weight is 638 g/mol. The third-order valence-corrected chi connectivity index (χ3v) is 6.47. The van der Waals surface area contributed by atoms with Gasteiger partial charge < -0.3 is 39.5 Å². The van der Waals surface area contributed by atoms with Crippen LogP contribution in [0.15, 0.2) is 67.1 Å². The van der Waals surface area contributed by atoms with Crippen molar-refractivity contribution in [1.82, 2.24) is 20.2 Å². The van der Waals surface area contributed by atoms with Gasteiger partial charge in [-0.3, -0.25) is 9.59 Å². The molecule has 0 spiro atoms. The molecule has 2 unspecified atom stereocenters. The van der Waals surface area contributed by atoms with Crippen LogP contribution < -0.4 is 20.7 Å². The van der Waals surface area contributed by atoms with E-state index in [4.69, 9.17) is 18.9 Å². The third-order valence-electron chi connectivity index (χ3n) is 6.47. The van der Waals surface area contributed by atoms with E-state index in [0.717, 1.165) is 5.56 Å². The summed E-state index contributed by atoms with van der Waals surface area (Å²) in [7, 11) is 1.52. The second-order valence-corrected chi connectivity index (χ2v) is 11.9. The summed E-state index contributed by atoms with van der Waals surface area (Å²) in [6, 6.07) is 14.2. The van der Waals surface area contributed by atoms with E-state index in [1.807, 2.05) is 30.3 Å². The highest BCUT2D eigenvalue weighted by Crippen LogP contribution is 2.25. The molecular formula is C33H43N5O8. The van der Waals surface area contributed by atoms with Gasteiger partial charge >= 0.3 is 12.1 Å². The summed E-state index contributed by atoms with van der Waals surface area (Å²) >= 11 is 0. The molecule has 0 fully saturated rings. The summed E-state index contributed by atoms with van der Waals surface area (Å²) in [5.74, 6) is -1.12. The van der Waals surface area contributed by atoms with E-state index in [1.54, 1.807) is 52.0 Å². The fraction of sp³-hybridized carbons (Fsp3) is 0.424. The predicted molar refractivity (Wildman–Crippen MR) is 170 cm³/mol. The highest BCUT2D eigenvalue weighted by atomic mass is 16.6. The number of hydrogen-bond acceptors (Lipinski definition) is 9. The molecule has 13 nitrogen and oxygen atoms in total. The van der Waals surface area contributed by atoms with Gasteiger partial charge in [0.15, 0.2) is 11.9 Å². The Kier molecular flexibility index (Phi) is 12.3. The Morgan fingerprint density at radius 1 is 0.978 bits per heavy atom. The SMILES string of the molecule is CCOC(=O)C(c1cccc(OC)c1)n1cnc(NC(=O)C(COCc2ccccc2)NC(=O)C(C)(C)NC(=O)OC(C)(C)C)c1. The van der Waals surface area contributed by atoms with E-state index in [-0.39, 0.29) is 25.6 Å². The molecule has 2 atom stereocenters. The van der Waals surface area contributed by atoms with Crippen molar-refractivity contribution in [2.75, 3.05) is 25.6 Å². The van der Waals surface area contributed by atoms with Crippen molar-refractivity contribution in [1.29, 1.82) is 0 Å². The minimum absolute atomic E-state index is 0.121. The van der Waals surface area contributed by atoms with Gasteiger partial charge in [0.05, 0.1) is 33.3 Å². The van der Waals surface area contributed by atoms with Crippen LogP contribution in [-0.4, -0.2) is 70.9 Å². The molecule has 0 bridgehead atoms. The lowest BCUT2D eigenvalue weighted by molar-refractivity contribution is -0.145. The number of amides is 3. The molecule has 0 saturated carbocycles. The number of methoxy groups -OCH3 is 1. The zero-order chi connectivity index (χ0) is 33.9. The number of esters is 1. The first kappa shape index (κ1) is 35.6. The van der Waals surface area contributed by atoms with Crippen molar-refractivity contribution in [2.24, 2.45) is 0 Å². The van der Waals surface area contributed by atoms with Crippen LogP contribution in [0.4, 0.5) is 10.6 Å². The third kappa shape index (κ3) is 10.6. The van der Waals surface area contributed by atoms with Crippen LogP contribution in [0.1, 0.15) is 58.7 Å². The summed E-state index contributed by atoms with van der Waals surface area (Å²) in [5.41, 5.74) is -0.744. The van der Waals surface area contributed by atoms with Gasteiger partial charge in [0, 0.05) is 6.20 Å². The minimum Gasteiger partial charge on any atom is -0.497 e. The number of imidazole rings is 1. The Hall–Kier alpha value is -4.91. The lowest BCUT2D eigenvalue weighted by Crippen LogP contribution is -2.59. The van der Waals surface area contributed by atoms with Gasteiger partial charge in [0.25, 0.3) is 5.91 Å². The minimum atomic E-state index is -1.44. The molecule has 2 aromatic carbocycles. The van der Waals surface area contributed by atoms with Crippen molar-refractivity contribution >= 4 is 29.7 Å². The molecule has 46 heavy (non-hydrogen) atoms. The normalized spacial score (nSPS) is 12.8. The van der Waals surface area contributed by atoms with Crippen LogP contribution in [0.2, 0.25) is 0 Å². The zero-order valence-electron chi connectivity index (χ0n) is 27.3. The molecule has 3 N–H and O–H groups in total. The summed E-state index contributed by atoms with van der Waals surface area (Å²) in [5, 5.41) is 7.89. The Morgan fingerprint density at radius 3 is 2.35 bits per heavy atom. The number of carbonyl (C=O) groups is 4. The van der Waals surface area contributed by atoms with Gasteiger partial charge in [-0.05, 0) is 64.8 Å². The molecule has 13 heteroatoms. The van der Waals surface area contributed by atoms with Gasteiger partial charge in [-0.15, -0.1) is 0 Å². The molecule has 248 valence electrons.